The molecule has 0 unspecified atom stereocenters. The number of aromatic nitrogens is 2. The second kappa shape index (κ2) is 7.81. The molecule has 2 aromatic heterocycles. The van der Waals surface area contributed by atoms with Gasteiger partial charge >= 0.3 is 0 Å². The molecule has 19 heavy (non-hydrogen) atoms. The highest BCUT2D eigenvalue weighted by molar-refractivity contribution is 7.98. The van der Waals surface area contributed by atoms with Crippen molar-refractivity contribution in [2.45, 2.75) is 13.1 Å². The first-order valence-electron chi connectivity index (χ1n) is 5.59. The Balaban J connectivity index is 1.98. The Morgan fingerprint density at radius 2 is 1.63 bits per heavy atom. The van der Waals surface area contributed by atoms with Gasteiger partial charge in [0.2, 0.25) is 0 Å². The number of halogens is 2. The molecule has 104 valence electrons. The summed E-state index contributed by atoms with van der Waals surface area (Å²) in [5.41, 5.74) is 0. The predicted octanol–water partition coefficient (Wildman–Crippen LogP) is 4.27. The van der Waals surface area contributed by atoms with Gasteiger partial charge in [-0.3, -0.25) is 4.90 Å². The molecule has 2 aromatic rings. The van der Waals surface area contributed by atoms with Crippen LogP contribution in [0.25, 0.3) is 0 Å². The molecule has 2 heterocycles. The van der Waals surface area contributed by atoms with Crippen LogP contribution in [0.5, 0.6) is 0 Å². The van der Waals surface area contributed by atoms with E-state index < -0.39 is 0 Å². The summed E-state index contributed by atoms with van der Waals surface area (Å²) in [6.07, 6.45) is 5.81. The van der Waals surface area contributed by atoms with Gasteiger partial charge in [0.25, 0.3) is 0 Å². The normalized spacial score (nSPS) is 11.4. The van der Waals surface area contributed by atoms with E-state index in [9.17, 15) is 0 Å². The third-order valence-corrected chi connectivity index (χ3v) is 5.21. The second-order valence-corrected chi connectivity index (χ2v) is 8.24. The van der Waals surface area contributed by atoms with Crippen LogP contribution in [-0.4, -0.2) is 33.4 Å². The van der Waals surface area contributed by atoms with Gasteiger partial charge in [-0.25, -0.2) is 9.97 Å². The molecule has 0 fully saturated rings. The van der Waals surface area contributed by atoms with Crippen LogP contribution in [0.2, 0.25) is 8.93 Å². The van der Waals surface area contributed by atoms with E-state index in [4.69, 9.17) is 23.2 Å². The van der Waals surface area contributed by atoms with Crippen molar-refractivity contribution >= 4 is 57.6 Å². The van der Waals surface area contributed by atoms with E-state index in [0.29, 0.717) is 8.93 Å². The third kappa shape index (κ3) is 5.21. The minimum absolute atomic E-state index is 0.598. The molecule has 0 bridgehead atoms. The van der Waals surface area contributed by atoms with E-state index >= 15 is 0 Å². The Morgan fingerprint density at radius 1 is 1.11 bits per heavy atom. The van der Waals surface area contributed by atoms with E-state index in [-0.39, 0.29) is 0 Å². The summed E-state index contributed by atoms with van der Waals surface area (Å²) in [6, 6.07) is 0. The molecule has 2 rings (SSSR count). The molecule has 0 aliphatic rings. The lowest BCUT2D eigenvalue weighted by Gasteiger charge is -2.19. The van der Waals surface area contributed by atoms with Crippen LogP contribution in [0, 0.1) is 0 Å². The van der Waals surface area contributed by atoms with Gasteiger partial charge in [-0.05, 0) is 6.26 Å². The zero-order chi connectivity index (χ0) is 13.7. The summed E-state index contributed by atoms with van der Waals surface area (Å²) in [6.45, 7) is 2.74. The summed E-state index contributed by atoms with van der Waals surface area (Å²) in [5, 5.41) is 0. The Kier molecular flexibility index (Phi) is 6.38. The molecule has 0 aliphatic carbocycles. The first kappa shape index (κ1) is 15.5. The fourth-order valence-corrected chi connectivity index (χ4v) is 4.07. The number of hydrogen-bond acceptors (Lipinski definition) is 6. The quantitative estimate of drug-likeness (QED) is 0.742. The van der Waals surface area contributed by atoms with Crippen LogP contribution >= 0.6 is 57.6 Å². The smallest absolute Gasteiger partial charge is 0.183 e. The fourth-order valence-electron chi connectivity index (χ4n) is 1.59. The molecule has 0 radical (unpaired) electrons. The van der Waals surface area contributed by atoms with E-state index in [0.717, 1.165) is 25.4 Å². The maximum atomic E-state index is 5.87. The zero-order valence-electron chi connectivity index (χ0n) is 10.3. The first-order chi connectivity index (χ1) is 9.17. The number of rotatable bonds is 7. The minimum Gasteiger partial charge on any atom is -0.292 e. The van der Waals surface area contributed by atoms with Gasteiger partial charge in [0.1, 0.15) is 0 Å². The summed E-state index contributed by atoms with van der Waals surface area (Å²) >= 11 is 16.7. The Bertz CT molecular complexity index is 473. The molecular weight excluding hydrogens is 341 g/mol. The molecule has 0 N–H and O–H groups in total. The fraction of sp³-hybridized carbons (Fsp3) is 0.455. The average Bonchev–Trinajstić information content (AvgIpc) is 2.95. The maximum absolute atomic E-state index is 5.87. The topological polar surface area (TPSA) is 29.0 Å². The predicted molar refractivity (Wildman–Crippen MR) is 86.7 cm³/mol. The van der Waals surface area contributed by atoms with Crippen molar-refractivity contribution in [2.24, 2.45) is 0 Å². The Hall–Kier alpha value is 0.150. The highest BCUT2D eigenvalue weighted by Crippen LogP contribution is 2.23. The van der Waals surface area contributed by atoms with Crippen LogP contribution in [0.15, 0.2) is 12.4 Å². The summed E-state index contributed by atoms with van der Waals surface area (Å²) in [4.78, 5) is 12.9. The first-order valence-corrected chi connectivity index (χ1v) is 9.37. The number of thiazole rings is 2. The lowest BCUT2D eigenvalue weighted by Crippen LogP contribution is -2.24. The van der Waals surface area contributed by atoms with Crippen LogP contribution in [0.1, 0.15) is 9.75 Å². The van der Waals surface area contributed by atoms with Crippen LogP contribution < -0.4 is 0 Å². The molecule has 0 atom stereocenters. The molecule has 0 amide bonds. The second-order valence-electron chi connectivity index (χ2n) is 3.86. The summed E-state index contributed by atoms with van der Waals surface area (Å²) in [7, 11) is 0. The molecule has 8 heteroatoms. The van der Waals surface area contributed by atoms with Crippen molar-refractivity contribution in [1.82, 2.24) is 14.9 Å². The van der Waals surface area contributed by atoms with Gasteiger partial charge in [0.05, 0.1) is 0 Å². The molecule has 0 aliphatic heterocycles. The Morgan fingerprint density at radius 3 is 2.00 bits per heavy atom. The van der Waals surface area contributed by atoms with Crippen LogP contribution in [0.4, 0.5) is 0 Å². The van der Waals surface area contributed by atoms with Crippen molar-refractivity contribution in [3.8, 4) is 0 Å². The molecule has 0 saturated carbocycles. The van der Waals surface area contributed by atoms with E-state index in [1.54, 1.807) is 0 Å². The standard InChI is InChI=1S/C11H13Cl2N3S3/c1-17-3-2-16(6-8-4-14-10(12)18-8)7-9-5-15-11(13)19-9/h4-5H,2-3,6-7H2,1H3. The van der Waals surface area contributed by atoms with Gasteiger partial charge in [0, 0.05) is 47.5 Å². The average molecular weight is 354 g/mol. The van der Waals surface area contributed by atoms with Gasteiger partial charge in [-0.15, -0.1) is 22.7 Å². The highest BCUT2D eigenvalue weighted by Gasteiger charge is 2.11. The summed E-state index contributed by atoms with van der Waals surface area (Å²) < 4.78 is 1.20. The third-order valence-electron chi connectivity index (χ3n) is 2.42. The van der Waals surface area contributed by atoms with Crippen LogP contribution in [0.3, 0.4) is 0 Å². The van der Waals surface area contributed by atoms with Crippen molar-refractivity contribution in [3.05, 3.63) is 31.1 Å². The van der Waals surface area contributed by atoms with Gasteiger partial charge < -0.3 is 0 Å². The van der Waals surface area contributed by atoms with E-state index in [2.05, 4.69) is 21.1 Å². The van der Waals surface area contributed by atoms with E-state index in [1.165, 1.54) is 32.4 Å². The molecule has 3 nitrogen and oxygen atoms in total. The SMILES string of the molecule is CSCCN(Cc1cnc(Cl)s1)Cc1cnc(Cl)s1. The largest absolute Gasteiger partial charge is 0.292 e. The van der Waals surface area contributed by atoms with Crippen molar-refractivity contribution in [2.75, 3.05) is 18.6 Å². The molecule has 0 spiro atoms. The van der Waals surface area contributed by atoms with E-state index in [1.807, 2.05) is 24.2 Å². The molecule has 0 saturated heterocycles. The van der Waals surface area contributed by atoms with Gasteiger partial charge in [0.15, 0.2) is 8.93 Å². The van der Waals surface area contributed by atoms with Crippen LogP contribution in [-0.2, 0) is 13.1 Å². The van der Waals surface area contributed by atoms with Crippen molar-refractivity contribution < 1.29 is 0 Å². The van der Waals surface area contributed by atoms with Crippen molar-refractivity contribution in [1.29, 1.82) is 0 Å². The van der Waals surface area contributed by atoms with Gasteiger partial charge in [-0.1, -0.05) is 23.2 Å². The molecule has 0 aromatic carbocycles. The lowest BCUT2D eigenvalue weighted by molar-refractivity contribution is 0.278. The Labute approximate surface area is 135 Å². The minimum atomic E-state index is 0.598. The highest BCUT2D eigenvalue weighted by atomic mass is 35.5. The lowest BCUT2D eigenvalue weighted by atomic mass is 10.4. The zero-order valence-corrected chi connectivity index (χ0v) is 14.3. The number of hydrogen-bond donors (Lipinski definition) is 0. The van der Waals surface area contributed by atoms with Crippen molar-refractivity contribution in [3.63, 3.8) is 0 Å². The number of nitrogens with zero attached hydrogens (tertiary/aromatic N) is 3. The monoisotopic (exact) mass is 353 g/mol. The summed E-state index contributed by atoms with van der Waals surface area (Å²) in [5.74, 6) is 1.10. The number of thioether (sulfide) groups is 1. The van der Waals surface area contributed by atoms with Gasteiger partial charge in [-0.2, -0.15) is 11.8 Å². The maximum Gasteiger partial charge on any atom is 0.183 e. The molecular formula is C11H13Cl2N3S3.